The number of hydrogen-bond donors (Lipinski definition) is 1. The molecule has 1 aromatic carbocycles. The fourth-order valence-corrected chi connectivity index (χ4v) is 2.52. The van der Waals surface area contributed by atoms with E-state index in [4.69, 9.17) is 4.42 Å². The molecule has 7 heteroatoms. The standard InChI is InChI=1S/C18H15N5O2/c1-22-10-9-17(21-22)19-18(24)15-12-14(16-8-5-11-25-16)20-23(15)13-6-3-2-4-7-13/h2-12H,1H3,(H,19,21,24). The molecule has 0 saturated carbocycles. The molecule has 0 radical (unpaired) electrons. The van der Waals surface area contributed by atoms with Crippen LogP contribution in [0, 0.1) is 0 Å². The first kappa shape index (κ1) is 14.9. The Bertz CT molecular complexity index is 999. The Kier molecular flexibility index (Phi) is 3.66. The van der Waals surface area contributed by atoms with Crippen LogP contribution in [-0.4, -0.2) is 25.5 Å². The van der Waals surface area contributed by atoms with Crippen molar-refractivity contribution >= 4 is 11.7 Å². The SMILES string of the molecule is Cn1ccc(NC(=O)c2cc(-c3ccco3)nn2-c2ccccc2)n1. The van der Waals surface area contributed by atoms with Gasteiger partial charge in [-0.1, -0.05) is 18.2 Å². The molecule has 7 nitrogen and oxygen atoms in total. The molecule has 3 aromatic heterocycles. The third-order valence-corrected chi connectivity index (χ3v) is 3.67. The van der Waals surface area contributed by atoms with E-state index in [9.17, 15) is 4.79 Å². The smallest absolute Gasteiger partial charge is 0.275 e. The quantitative estimate of drug-likeness (QED) is 0.622. The number of aryl methyl sites for hydroxylation is 1. The number of hydrogen-bond acceptors (Lipinski definition) is 4. The first-order chi connectivity index (χ1) is 12.2. The first-order valence-electron chi connectivity index (χ1n) is 7.71. The van der Waals surface area contributed by atoms with Gasteiger partial charge in [0.2, 0.25) is 0 Å². The molecule has 0 saturated heterocycles. The van der Waals surface area contributed by atoms with Crippen LogP contribution in [-0.2, 0) is 7.05 Å². The maximum atomic E-state index is 12.7. The number of carbonyl (C=O) groups excluding carboxylic acids is 1. The van der Waals surface area contributed by atoms with Crippen LogP contribution < -0.4 is 5.32 Å². The second-order valence-corrected chi connectivity index (χ2v) is 5.47. The van der Waals surface area contributed by atoms with E-state index in [1.165, 1.54) is 0 Å². The maximum absolute atomic E-state index is 12.7. The van der Waals surface area contributed by atoms with Crippen LogP contribution in [0.25, 0.3) is 17.1 Å². The number of rotatable bonds is 4. The lowest BCUT2D eigenvalue weighted by Gasteiger charge is -2.06. The number of amides is 1. The highest BCUT2D eigenvalue weighted by atomic mass is 16.3. The highest BCUT2D eigenvalue weighted by Crippen LogP contribution is 2.22. The normalized spacial score (nSPS) is 10.8. The zero-order valence-corrected chi connectivity index (χ0v) is 13.5. The Morgan fingerprint density at radius 3 is 2.60 bits per heavy atom. The van der Waals surface area contributed by atoms with Gasteiger partial charge in [-0.05, 0) is 24.3 Å². The molecule has 0 unspecified atom stereocenters. The minimum atomic E-state index is -0.298. The molecule has 0 aliphatic rings. The van der Waals surface area contributed by atoms with Crippen molar-refractivity contribution < 1.29 is 9.21 Å². The van der Waals surface area contributed by atoms with E-state index in [0.29, 0.717) is 23.0 Å². The Morgan fingerprint density at radius 2 is 1.92 bits per heavy atom. The summed E-state index contributed by atoms with van der Waals surface area (Å²) in [5, 5.41) is 11.5. The van der Waals surface area contributed by atoms with Gasteiger partial charge in [0.15, 0.2) is 11.6 Å². The van der Waals surface area contributed by atoms with E-state index in [2.05, 4.69) is 15.5 Å². The average molecular weight is 333 g/mol. The second kappa shape index (κ2) is 6.12. The Labute approximate surface area is 143 Å². The van der Waals surface area contributed by atoms with Crippen LogP contribution >= 0.6 is 0 Å². The summed E-state index contributed by atoms with van der Waals surface area (Å²) in [4.78, 5) is 12.7. The highest BCUT2D eigenvalue weighted by Gasteiger charge is 2.19. The monoisotopic (exact) mass is 333 g/mol. The van der Waals surface area contributed by atoms with Crippen LogP contribution in [0.3, 0.4) is 0 Å². The van der Waals surface area contributed by atoms with Gasteiger partial charge in [0, 0.05) is 25.4 Å². The molecule has 4 rings (SSSR count). The van der Waals surface area contributed by atoms with Gasteiger partial charge in [0.1, 0.15) is 11.4 Å². The Morgan fingerprint density at radius 1 is 1.08 bits per heavy atom. The number of anilines is 1. The summed E-state index contributed by atoms with van der Waals surface area (Å²) < 4.78 is 8.62. The molecule has 124 valence electrons. The zero-order chi connectivity index (χ0) is 17.2. The van der Waals surface area contributed by atoms with Crippen LogP contribution in [0.15, 0.2) is 71.5 Å². The molecule has 25 heavy (non-hydrogen) atoms. The summed E-state index contributed by atoms with van der Waals surface area (Å²) in [5.41, 5.74) is 1.76. The molecule has 4 aromatic rings. The average Bonchev–Trinajstić information content (AvgIpc) is 3.35. The molecular weight excluding hydrogens is 318 g/mol. The fourth-order valence-electron chi connectivity index (χ4n) is 2.52. The van der Waals surface area contributed by atoms with Gasteiger partial charge in [-0.25, -0.2) is 4.68 Å². The Balaban J connectivity index is 1.75. The van der Waals surface area contributed by atoms with E-state index < -0.39 is 0 Å². The number of carbonyl (C=O) groups is 1. The molecule has 0 aliphatic heterocycles. The van der Waals surface area contributed by atoms with Gasteiger partial charge >= 0.3 is 0 Å². The Hall–Kier alpha value is -3.61. The topological polar surface area (TPSA) is 77.9 Å². The summed E-state index contributed by atoms with van der Waals surface area (Å²) in [6.45, 7) is 0. The van der Waals surface area contributed by atoms with Crippen molar-refractivity contribution in [1.82, 2.24) is 19.6 Å². The number of nitrogens with zero attached hydrogens (tertiary/aromatic N) is 4. The fraction of sp³-hybridized carbons (Fsp3) is 0.0556. The largest absolute Gasteiger partial charge is 0.463 e. The molecule has 0 aliphatic carbocycles. The first-order valence-corrected chi connectivity index (χ1v) is 7.71. The minimum Gasteiger partial charge on any atom is -0.463 e. The predicted molar refractivity (Wildman–Crippen MR) is 92.4 cm³/mol. The third-order valence-electron chi connectivity index (χ3n) is 3.67. The molecule has 3 heterocycles. The molecule has 0 atom stereocenters. The van der Waals surface area contributed by atoms with Crippen molar-refractivity contribution in [1.29, 1.82) is 0 Å². The van der Waals surface area contributed by atoms with Crippen LogP contribution in [0.2, 0.25) is 0 Å². The highest BCUT2D eigenvalue weighted by molar-refractivity contribution is 6.03. The lowest BCUT2D eigenvalue weighted by Crippen LogP contribution is -2.17. The van der Waals surface area contributed by atoms with Crippen molar-refractivity contribution in [2.75, 3.05) is 5.32 Å². The van der Waals surface area contributed by atoms with Gasteiger partial charge < -0.3 is 9.73 Å². The van der Waals surface area contributed by atoms with Gasteiger partial charge in [-0.3, -0.25) is 9.48 Å². The van der Waals surface area contributed by atoms with Crippen molar-refractivity contribution in [3.8, 4) is 17.1 Å². The summed E-state index contributed by atoms with van der Waals surface area (Å²) >= 11 is 0. The van der Waals surface area contributed by atoms with E-state index in [0.717, 1.165) is 5.69 Å². The summed E-state index contributed by atoms with van der Waals surface area (Å²) in [6, 6.07) is 16.5. The van der Waals surface area contributed by atoms with Gasteiger partial charge in [0.05, 0.1) is 12.0 Å². The number of furan rings is 1. The van der Waals surface area contributed by atoms with Gasteiger partial charge in [-0.15, -0.1) is 0 Å². The molecule has 1 N–H and O–H groups in total. The van der Waals surface area contributed by atoms with Crippen molar-refractivity contribution in [2.24, 2.45) is 7.05 Å². The summed E-state index contributed by atoms with van der Waals surface area (Å²) in [7, 11) is 1.79. The van der Waals surface area contributed by atoms with Gasteiger partial charge in [-0.2, -0.15) is 10.2 Å². The van der Waals surface area contributed by atoms with Crippen molar-refractivity contribution in [3.63, 3.8) is 0 Å². The van der Waals surface area contributed by atoms with E-state index in [1.54, 1.807) is 53.1 Å². The van der Waals surface area contributed by atoms with Crippen LogP contribution in [0.4, 0.5) is 5.82 Å². The van der Waals surface area contributed by atoms with E-state index in [-0.39, 0.29) is 5.91 Å². The second-order valence-electron chi connectivity index (χ2n) is 5.47. The van der Waals surface area contributed by atoms with E-state index >= 15 is 0 Å². The lowest BCUT2D eigenvalue weighted by molar-refractivity contribution is 0.101. The molecule has 1 amide bonds. The molecule has 0 bridgehead atoms. The molecule has 0 fully saturated rings. The van der Waals surface area contributed by atoms with Crippen molar-refractivity contribution in [2.45, 2.75) is 0 Å². The number of benzene rings is 1. The number of nitrogens with one attached hydrogen (secondary N) is 1. The van der Waals surface area contributed by atoms with Gasteiger partial charge in [0.25, 0.3) is 5.91 Å². The summed E-state index contributed by atoms with van der Waals surface area (Å²) in [5.74, 6) is 0.780. The summed E-state index contributed by atoms with van der Waals surface area (Å²) in [6.07, 6.45) is 3.34. The zero-order valence-electron chi connectivity index (χ0n) is 13.5. The lowest BCUT2D eigenvalue weighted by atomic mass is 10.2. The number of aromatic nitrogens is 4. The van der Waals surface area contributed by atoms with Crippen molar-refractivity contribution in [3.05, 3.63) is 72.8 Å². The number of para-hydroxylation sites is 1. The molecule has 0 spiro atoms. The van der Waals surface area contributed by atoms with Crippen LogP contribution in [0.1, 0.15) is 10.5 Å². The third kappa shape index (κ3) is 2.94. The minimum absolute atomic E-state index is 0.298. The van der Waals surface area contributed by atoms with Crippen LogP contribution in [0.5, 0.6) is 0 Å². The predicted octanol–water partition coefficient (Wildman–Crippen LogP) is 3.12. The van der Waals surface area contributed by atoms with E-state index in [1.807, 2.05) is 30.3 Å². The molecular formula is C18H15N5O2. The maximum Gasteiger partial charge on any atom is 0.275 e.